The van der Waals surface area contributed by atoms with Crippen LogP contribution in [0.15, 0.2) is 42.5 Å². The third kappa shape index (κ3) is 5.93. The second kappa shape index (κ2) is 11.2. The Balaban J connectivity index is 1.58. The van der Waals surface area contributed by atoms with E-state index in [0.717, 1.165) is 11.1 Å². The van der Waals surface area contributed by atoms with Crippen molar-refractivity contribution >= 4 is 23.5 Å². The number of aryl methyl sites for hydroxylation is 1. The highest BCUT2D eigenvalue weighted by molar-refractivity contribution is 6.30. The van der Waals surface area contributed by atoms with Crippen LogP contribution >= 0.6 is 11.6 Å². The van der Waals surface area contributed by atoms with Crippen molar-refractivity contribution in [1.82, 2.24) is 9.80 Å². The molecule has 1 aliphatic rings. The zero-order chi connectivity index (χ0) is 23.1. The quantitative estimate of drug-likeness (QED) is 0.563. The molecular weight excluding hydrogens is 432 g/mol. The number of hydrogen-bond donors (Lipinski definition) is 0. The van der Waals surface area contributed by atoms with Gasteiger partial charge in [-0.1, -0.05) is 23.7 Å². The Kier molecular flexibility index (Phi) is 8.36. The molecule has 7 nitrogen and oxygen atoms in total. The van der Waals surface area contributed by atoms with Gasteiger partial charge >= 0.3 is 5.97 Å². The van der Waals surface area contributed by atoms with Crippen LogP contribution in [0.2, 0.25) is 5.02 Å². The van der Waals surface area contributed by atoms with Crippen molar-refractivity contribution in [2.24, 2.45) is 0 Å². The summed E-state index contributed by atoms with van der Waals surface area (Å²) >= 11 is 5.99. The number of nitrogens with zero attached hydrogens (tertiary/aromatic N) is 2. The molecule has 2 aromatic rings. The summed E-state index contributed by atoms with van der Waals surface area (Å²) in [5.41, 5.74) is 1.81. The van der Waals surface area contributed by atoms with Crippen LogP contribution in [0.1, 0.15) is 23.6 Å². The first-order valence-corrected chi connectivity index (χ1v) is 10.9. The number of rotatable bonds is 8. The Hall–Kier alpha value is -2.77. The van der Waals surface area contributed by atoms with E-state index in [2.05, 4.69) is 0 Å². The Bertz CT molecular complexity index is 904. The fraction of sp³-hybridized carbons (Fsp3) is 0.417. The zero-order valence-corrected chi connectivity index (χ0v) is 19.4. The van der Waals surface area contributed by atoms with Gasteiger partial charge < -0.3 is 19.1 Å². The van der Waals surface area contributed by atoms with Crippen molar-refractivity contribution in [2.75, 3.05) is 47.5 Å². The predicted octanol–water partition coefficient (Wildman–Crippen LogP) is 3.35. The minimum atomic E-state index is -0.515. The van der Waals surface area contributed by atoms with E-state index in [-0.39, 0.29) is 11.9 Å². The summed E-state index contributed by atoms with van der Waals surface area (Å²) in [4.78, 5) is 29.2. The summed E-state index contributed by atoms with van der Waals surface area (Å²) in [6, 6.07) is 12.3. The maximum Gasteiger partial charge on any atom is 0.327 e. The number of carbonyl (C=O) groups excluding carboxylic acids is 2. The zero-order valence-electron chi connectivity index (χ0n) is 18.7. The summed E-state index contributed by atoms with van der Waals surface area (Å²) in [7, 11) is 4.60. The Morgan fingerprint density at radius 3 is 2.06 bits per heavy atom. The van der Waals surface area contributed by atoms with Crippen LogP contribution in [-0.4, -0.2) is 69.2 Å². The van der Waals surface area contributed by atoms with E-state index in [9.17, 15) is 9.59 Å². The topological polar surface area (TPSA) is 68.3 Å². The van der Waals surface area contributed by atoms with E-state index in [4.69, 9.17) is 25.8 Å². The van der Waals surface area contributed by atoms with Crippen molar-refractivity contribution in [2.45, 2.75) is 18.9 Å². The van der Waals surface area contributed by atoms with Crippen LogP contribution in [0.5, 0.6) is 11.5 Å². The second-order valence-corrected chi connectivity index (χ2v) is 8.05. The molecule has 0 saturated carbocycles. The standard InChI is InChI=1S/C24H29ClN2O5/c1-30-20-14-17(15-21(16-20)31-2)4-9-22(28)26-10-12-27(13-11-26)23(24(29)32-3)18-5-7-19(25)8-6-18/h5-8,14-16,23H,4,9-13H2,1-3H3. The number of benzene rings is 2. The first-order chi connectivity index (χ1) is 15.4. The molecule has 1 aliphatic heterocycles. The van der Waals surface area contributed by atoms with Crippen LogP contribution in [0.25, 0.3) is 0 Å². The molecule has 1 saturated heterocycles. The van der Waals surface area contributed by atoms with E-state index in [1.807, 2.05) is 40.1 Å². The van der Waals surface area contributed by atoms with Crippen LogP contribution in [0, 0.1) is 0 Å². The lowest BCUT2D eigenvalue weighted by Gasteiger charge is -2.38. The number of methoxy groups -OCH3 is 3. The molecule has 3 rings (SSSR count). The molecule has 32 heavy (non-hydrogen) atoms. The molecule has 1 atom stereocenters. The first kappa shape index (κ1) is 23.9. The number of ether oxygens (including phenoxy) is 3. The van der Waals surface area contributed by atoms with Gasteiger partial charge in [0.15, 0.2) is 0 Å². The highest BCUT2D eigenvalue weighted by Gasteiger charge is 2.32. The summed E-state index contributed by atoms with van der Waals surface area (Å²) in [6.07, 6.45) is 0.996. The number of amides is 1. The molecule has 0 spiro atoms. The normalized spacial score (nSPS) is 15.2. The van der Waals surface area contributed by atoms with Crippen LogP contribution in [0.3, 0.4) is 0 Å². The van der Waals surface area contributed by atoms with E-state index >= 15 is 0 Å². The van der Waals surface area contributed by atoms with Crippen molar-refractivity contribution < 1.29 is 23.8 Å². The largest absolute Gasteiger partial charge is 0.497 e. The molecule has 172 valence electrons. The third-order valence-electron chi connectivity index (χ3n) is 5.68. The van der Waals surface area contributed by atoms with Gasteiger partial charge in [-0.2, -0.15) is 0 Å². The van der Waals surface area contributed by atoms with Crippen LogP contribution in [-0.2, 0) is 20.7 Å². The summed E-state index contributed by atoms with van der Waals surface area (Å²) in [5, 5.41) is 0.612. The number of esters is 1. The second-order valence-electron chi connectivity index (χ2n) is 7.61. The monoisotopic (exact) mass is 460 g/mol. The fourth-order valence-electron chi connectivity index (χ4n) is 3.90. The lowest BCUT2D eigenvalue weighted by molar-refractivity contribution is -0.148. The van der Waals surface area contributed by atoms with Crippen molar-refractivity contribution in [3.63, 3.8) is 0 Å². The van der Waals surface area contributed by atoms with E-state index < -0.39 is 6.04 Å². The Morgan fingerprint density at radius 2 is 1.53 bits per heavy atom. The SMILES string of the molecule is COC(=O)C(c1ccc(Cl)cc1)N1CCN(C(=O)CCc2cc(OC)cc(OC)c2)CC1. The van der Waals surface area contributed by atoms with Gasteiger partial charge in [0, 0.05) is 43.7 Å². The van der Waals surface area contributed by atoms with Gasteiger partial charge in [0.25, 0.3) is 0 Å². The summed E-state index contributed by atoms with van der Waals surface area (Å²) in [5.74, 6) is 1.18. The summed E-state index contributed by atoms with van der Waals surface area (Å²) < 4.78 is 15.6. The first-order valence-electron chi connectivity index (χ1n) is 10.5. The average molecular weight is 461 g/mol. The molecule has 1 fully saturated rings. The number of piperazine rings is 1. The fourth-order valence-corrected chi connectivity index (χ4v) is 4.03. The third-order valence-corrected chi connectivity index (χ3v) is 5.93. The van der Waals surface area contributed by atoms with Gasteiger partial charge in [-0.3, -0.25) is 9.69 Å². The van der Waals surface area contributed by atoms with Gasteiger partial charge in [-0.25, -0.2) is 4.79 Å². The molecule has 0 aromatic heterocycles. The van der Waals surface area contributed by atoms with E-state index in [1.165, 1.54) is 7.11 Å². The molecule has 0 bridgehead atoms. The van der Waals surface area contributed by atoms with Crippen molar-refractivity contribution in [1.29, 1.82) is 0 Å². The highest BCUT2D eigenvalue weighted by Crippen LogP contribution is 2.26. The van der Waals surface area contributed by atoms with E-state index in [1.54, 1.807) is 26.4 Å². The van der Waals surface area contributed by atoms with Crippen LogP contribution in [0.4, 0.5) is 0 Å². The Labute approximate surface area is 193 Å². The van der Waals surface area contributed by atoms with Crippen LogP contribution < -0.4 is 9.47 Å². The molecular formula is C24H29ClN2O5. The molecule has 1 unspecified atom stereocenters. The van der Waals surface area contributed by atoms with Gasteiger partial charge in [0.05, 0.1) is 21.3 Å². The molecule has 0 N–H and O–H groups in total. The lowest BCUT2D eigenvalue weighted by Crippen LogP contribution is -2.51. The molecule has 0 radical (unpaired) electrons. The maximum absolute atomic E-state index is 12.8. The molecule has 1 heterocycles. The van der Waals surface area contributed by atoms with E-state index in [0.29, 0.717) is 55.5 Å². The minimum Gasteiger partial charge on any atom is -0.497 e. The van der Waals surface area contributed by atoms with Gasteiger partial charge in [0.1, 0.15) is 17.5 Å². The Morgan fingerprint density at radius 1 is 0.938 bits per heavy atom. The molecule has 8 heteroatoms. The van der Waals surface area contributed by atoms with Crippen molar-refractivity contribution in [3.8, 4) is 11.5 Å². The molecule has 2 aromatic carbocycles. The minimum absolute atomic E-state index is 0.0903. The predicted molar refractivity (Wildman–Crippen MR) is 122 cm³/mol. The lowest BCUT2D eigenvalue weighted by atomic mass is 10.0. The summed E-state index contributed by atoms with van der Waals surface area (Å²) in [6.45, 7) is 2.28. The highest BCUT2D eigenvalue weighted by atomic mass is 35.5. The number of carbonyl (C=O) groups is 2. The van der Waals surface area contributed by atoms with Gasteiger partial charge in [0.2, 0.25) is 5.91 Å². The number of halogens is 1. The molecule has 1 amide bonds. The average Bonchev–Trinajstić information content (AvgIpc) is 2.83. The smallest absolute Gasteiger partial charge is 0.327 e. The van der Waals surface area contributed by atoms with Gasteiger partial charge in [-0.15, -0.1) is 0 Å². The van der Waals surface area contributed by atoms with Gasteiger partial charge in [-0.05, 0) is 41.8 Å². The van der Waals surface area contributed by atoms with Crippen molar-refractivity contribution in [3.05, 3.63) is 58.6 Å². The molecule has 0 aliphatic carbocycles. The number of hydrogen-bond acceptors (Lipinski definition) is 6. The maximum atomic E-state index is 12.8.